The van der Waals surface area contributed by atoms with Crippen LogP contribution in [0.3, 0.4) is 0 Å². The number of amides is 3. The van der Waals surface area contributed by atoms with Crippen LogP contribution in [0.15, 0.2) is 71.7 Å². The molecule has 0 radical (unpaired) electrons. The minimum Gasteiger partial charge on any atom is -0.350 e. The van der Waals surface area contributed by atoms with Crippen molar-refractivity contribution in [3.63, 3.8) is 0 Å². The Bertz CT molecular complexity index is 1190. The molecule has 1 aliphatic rings. The highest BCUT2D eigenvalue weighted by molar-refractivity contribution is 7.11. The van der Waals surface area contributed by atoms with Crippen LogP contribution in [0.25, 0.3) is 5.57 Å². The van der Waals surface area contributed by atoms with E-state index in [1.165, 1.54) is 23.2 Å². The molecule has 3 aromatic rings. The number of nitrogens with zero attached hydrogens (tertiary/aromatic N) is 1. The van der Waals surface area contributed by atoms with E-state index in [1.54, 1.807) is 36.4 Å². The average molecular weight is 466 g/mol. The van der Waals surface area contributed by atoms with E-state index in [2.05, 4.69) is 10.6 Å². The molecule has 2 heterocycles. The van der Waals surface area contributed by atoms with E-state index in [0.29, 0.717) is 28.4 Å². The number of halogens is 1. The predicted molar refractivity (Wildman–Crippen MR) is 127 cm³/mol. The van der Waals surface area contributed by atoms with Crippen molar-refractivity contribution in [2.24, 2.45) is 0 Å². The summed E-state index contributed by atoms with van der Waals surface area (Å²) in [5.41, 5.74) is 2.90. The third-order valence-corrected chi connectivity index (χ3v) is 6.09. The Morgan fingerprint density at radius 3 is 2.28 bits per heavy atom. The van der Waals surface area contributed by atoms with Crippen molar-refractivity contribution >= 4 is 57.6 Å². The van der Waals surface area contributed by atoms with Gasteiger partial charge >= 0.3 is 0 Å². The summed E-state index contributed by atoms with van der Waals surface area (Å²) in [5.74, 6) is -0.844. The summed E-state index contributed by atoms with van der Waals surface area (Å²) in [4.78, 5) is 39.7. The van der Waals surface area contributed by atoms with Crippen LogP contribution in [0.5, 0.6) is 0 Å². The Labute approximate surface area is 194 Å². The summed E-state index contributed by atoms with van der Waals surface area (Å²) in [6.45, 7) is 1.70. The molecule has 4 rings (SSSR count). The molecule has 162 valence electrons. The Morgan fingerprint density at radius 2 is 1.66 bits per heavy atom. The van der Waals surface area contributed by atoms with Crippen molar-refractivity contribution in [2.75, 3.05) is 17.2 Å². The summed E-state index contributed by atoms with van der Waals surface area (Å²) < 4.78 is 0. The molecule has 2 N–H and O–H groups in total. The van der Waals surface area contributed by atoms with Gasteiger partial charge in [-0.2, -0.15) is 0 Å². The van der Waals surface area contributed by atoms with Crippen LogP contribution in [0, 0.1) is 0 Å². The largest absolute Gasteiger partial charge is 0.350 e. The Hall–Kier alpha value is -3.42. The van der Waals surface area contributed by atoms with Gasteiger partial charge in [-0.1, -0.05) is 29.8 Å². The van der Waals surface area contributed by atoms with Gasteiger partial charge in [-0.25, -0.2) is 0 Å². The zero-order valence-electron chi connectivity index (χ0n) is 17.2. The summed E-state index contributed by atoms with van der Waals surface area (Å²) in [6.07, 6.45) is 0.533. The molecule has 0 aliphatic carbocycles. The minimum atomic E-state index is -0.363. The van der Waals surface area contributed by atoms with Gasteiger partial charge in [0.2, 0.25) is 5.91 Å². The number of hydrogen-bond acceptors (Lipinski definition) is 5. The average Bonchev–Trinajstić information content (AvgIpc) is 3.36. The van der Waals surface area contributed by atoms with E-state index in [0.717, 1.165) is 10.4 Å². The maximum atomic E-state index is 13.2. The van der Waals surface area contributed by atoms with Gasteiger partial charge < -0.3 is 10.6 Å². The Morgan fingerprint density at radius 1 is 0.969 bits per heavy atom. The highest BCUT2D eigenvalue weighted by Gasteiger charge is 2.39. The summed E-state index contributed by atoms with van der Waals surface area (Å²) in [6, 6.07) is 18.0. The normalized spacial score (nSPS) is 13.6. The first-order chi connectivity index (χ1) is 15.4. The lowest BCUT2D eigenvalue weighted by molar-refractivity contribution is -0.136. The lowest BCUT2D eigenvalue weighted by Gasteiger charge is -2.15. The molecular formula is C24H20ClN3O3S. The fraction of sp³-hybridized carbons (Fsp3) is 0.125. The number of carbonyl (C=O) groups is 3. The second kappa shape index (κ2) is 9.38. The van der Waals surface area contributed by atoms with E-state index >= 15 is 0 Å². The quantitative estimate of drug-likeness (QED) is 0.491. The molecule has 0 bridgehead atoms. The van der Waals surface area contributed by atoms with Crippen LogP contribution in [0.2, 0.25) is 5.02 Å². The topological polar surface area (TPSA) is 78.5 Å². The van der Waals surface area contributed by atoms with E-state index in [1.807, 2.05) is 29.6 Å². The standard InChI is InChI=1S/C24H20ClN3O3S/c1-15(29)26-18-8-10-19(11-9-18)27-22-21(20-3-2-14-32-20)23(30)28(24(22)31)13-12-16-4-6-17(25)7-5-16/h2-11,14,27H,12-13H2,1H3,(H,26,29). The van der Waals surface area contributed by atoms with Gasteiger partial charge in [0, 0.05) is 34.7 Å². The van der Waals surface area contributed by atoms with Crippen LogP contribution >= 0.6 is 22.9 Å². The van der Waals surface area contributed by atoms with Crippen molar-refractivity contribution in [3.05, 3.63) is 87.2 Å². The molecule has 2 aromatic carbocycles. The van der Waals surface area contributed by atoms with Crippen LogP contribution in [0.1, 0.15) is 17.4 Å². The maximum Gasteiger partial charge on any atom is 0.278 e. The molecule has 0 atom stereocenters. The van der Waals surface area contributed by atoms with Crippen LogP contribution in [0.4, 0.5) is 11.4 Å². The lowest BCUT2D eigenvalue weighted by atomic mass is 10.1. The van der Waals surface area contributed by atoms with Crippen molar-refractivity contribution in [1.82, 2.24) is 4.90 Å². The molecule has 32 heavy (non-hydrogen) atoms. The van der Waals surface area contributed by atoms with Crippen LogP contribution in [-0.2, 0) is 20.8 Å². The number of imide groups is 1. The third-order valence-electron chi connectivity index (χ3n) is 4.95. The molecule has 6 nitrogen and oxygen atoms in total. The minimum absolute atomic E-state index is 0.165. The van der Waals surface area contributed by atoms with Gasteiger partial charge in [0.25, 0.3) is 11.8 Å². The second-order valence-electron chi connectivity index (χ2n) is 7.25. The number of anilines is 2. The fourth-order valence-electron chi connectivity index (χ4n) is 3.42. The van der Waals surface area contributed by atoms with Gasteiger partial charge in [-0.15, -0.1) is 11.3 Å². The Kier molecular flexibility index (Phi) is 6.39. The van der Waals surface area contributed by atoms with Gasteiger partial charge in [0.05, 0.1) is 5.57 Å². The monoisotopic (exact) mass is 465 g/mol. The van der Waals surface area contributed by atoms with Gasteiger partial charge in [-0.05, 0) is 59.8 Å². The van der Waals surface area contributed by atoms with Crippen molar-refractivity contribution in [3.8, 4) is 0 Å². The molecule has 0 fully saturated rings. The molecule has 0 saturated heterocycles. The number of nitrogens with one attached hydrogen (secondary N) is 2. The van der Waals surface area contributed by atoms with E-state index in [4.69, 9.17) is 11.6 Å². The number of carbonyl (C=O) groups excluding carboxylic acids is 3. The molecule has 0 saturated carbocycles. The van der Waals surface area contributed by atoms with E-state index in [-0.39, 0.29) is 30.0 Å². The van der Waals surface area contributed by atoms with Crippen LogP contribution < -0.4 is 10.6 Å². The predicted octanol–water partition coefficient (Wildman–Crippen LogP) is 4.79. The summed E-state index contributed by atoms with van der Waals surface area (Å²) >= 11 is 7.35. The van der Waals surface area contributed by atoms with Gasteiger partial charge in [-0.3, -0.25) is 19.3 Å². The molecule has 1 aromatic heterocycles. The zero-order chi connectivity index (χ0) is 22.7. The first kappa shape index (κ1) is 21.8. The number of benzene rings is 2. The van der Waals surface area contributed by atoms with E-state index < -0.39 is 0 Å². The second-order valence-corrected chi connectivity index (χ2v) is 8.63. The molecule has 3 amide bonds. The summed E-state index contributed by atoms with van der Waals surface area (Å²) in [7, 11) is 0. The first-order valence-electron chi connectivity index (χ1n) is 9.96. The number of hydrogen-bond donors (Lipinski definition) is 2. The SMILES string of the molecule is CC(=O)Nc1ccc(NC2=C(c3cccs3)C(=O)N(CCc3ccc(Cl)cc3)C2=O)cc1. The van der Waals surface area contributed by atoms with Gasteiger partial charge in [0.15, 0.2) is 0 Å². The molecule has 8 heteroatoms. The number of rotatable bonds is 7. The van der Waals surface area contributed by atoms with Crippen molar-refractivity contribution < 1.29 is 14.4 Å². The molecular weight excluding hydrogens is 446 g/mol. The van der Waals surface area contributed by atoms with Crippen molar-refractivity contribution in [2.45, 2.75) is 13.3 Å². The number of thiophene rings is 1. The zero-order valence-corrected chi connectivity index (χ0v) is 18.8. The molecule has 0 unspecified atom stereocenters. The lowest BCUT2D eigenvalue weighted by Crippen LogP contribution is -2.34. The molecule has 0 spiro atoms. The highest BCUT2D eigenvalue weighted by Crippen LogP contribution is 2.33. The van der Waals surface area contributed by atoms with Gasteiger partial charge in [0.1, 0.15) is 5.70 Å². The first-order valence-corrected chi connectivity index (χ1v) is 11.2. The Balaban J connectivity index is 1.57. The molecule has 1 aliphatic heterocycles. The van der Waals surface area contributed by atoms with E-state index in [9.17, 15) is 14.4 Å². The smallest absolute Gasteiger partial charge is 0.278 e. The maximum absolute atomic E-state index is 13.2. The summed E-state index contributed by atoms with van der Waals surface area (Å²) in [5, 5.41) is 8.33. The van der Waals surface area contributed by atoms with Crippen LogP contribution in [-0.4, -0.2) is 29.2 Å². The third kappa shape index (κ3) is 4.74. The highest BCUT2D eigenvalue weighted by atomic mass is 35.5. The fourth-order valence-corrected chi connectivity index (χ4v) is 4.32. The van der Waals surface area contributed by atoms with Crippen molar-refractivity contribution in [1.29, 1.82) is 0 Å².